The molecule has 0 aromatic heterocycles. The van der Waals surface area contributed by atoms with Crippen LogP contribution in [0, 0.1) is 0 Å². The van der Waals surface area contributed by atoms with Crippen molar-refractivity contribution in [2.45, 2.75) is 38.5 Å². The van der Waals surface area contributed by atoms with Gasteiger partial charge in [-0.1, -0.05) is 56.0 Å². The van der Waals surface area contributed by atoms with Crippen molar-refractivity contribution >= 4 is 11.6 Å². The van der Waals surface area contributed by atoms with Crippen LogP contribution in [0.25, 0.3) is 0 Å². The maximum atomic E-state index is 6.24. The van der Waals surface area contributed by atoms with E-state index in [1.54, 1.807) is 0 Å². The number of nitrogens with one attached hydrogen (secondary N) is 1. The van der Waals surface area contributed by atoms with Crippen LogP contribution in [0.5, 0.6) is 0 Å². The maximum Gasteiger partial charge on any atom is 0.0441 e. The average molecular weight is 240 g/mol. The Morgan fingerprint density at radius 2 is 2.00 bits per heavy atom. The van der Waals surface area contributed by atoms with E-state index in [4.69, 9.17) is 11.6 Å². The Bertz CT molecular complexity index is 299. The normalized spacial score (nSPS) is 12.7. The molecule has 1 rings (SSSR count). The number of benzene rings is 1. The molecule has 1 atom stereocenters. The van der Waals surface area contributed by atoms with Gasteiger partial charge in [-0.3, -0.25) is 0 Å². The zero-order valence-corrected chi connectivity index (χ0v) is 11.1. The maximum absolute atomic E-state index is 6.24. The fourth-order valence-electron chi connectivity index (χ4n) is 2.06. The third-order valence-electron chi connectivity index (χ3n) is 2.95. The standard InChI is InChI=1S/C14H22ClN/c1-3-4-5-8-12(11-16-2)13-9-6-7-10-14(13)15/h6-7,9-10,12,16H,3-5,8,11H2,1-2H3. The number of likely N-dealkylation sites (N-methyl/N-ethyl adjacent to an activating group) is 1. The number of rotatable bonds is 7. The van der Waals surface area contributed by atoms with Crippen LogP contribution in [-0.2, 0) is 0 Å². The van der Waals surface area contributed by atoms with Crippen molar-refractivity contribution in [2.75, 3.05) is 13.6 Å². The lowest BCUT2D eigenvalue weighted by Gasteiger charge is -2.18. The summed E-state index contributed by atoms with van der Waals surface area (Å²) < 4.78 is 0. The lowest BCUT2D eigenvalue weighted by molar-refractivity contribution is 0.542. The van der Waals surface area contributed by atoms with Gasteiger partial charge in [0, 0.05) is 11.6 Å². The Balaban J connectivity index is 2.65. The van der Waals surface area contributed by atoms with Crippen molar-refractivity contribution in [3.8, 4) is 0 Å². The van der Waals surface area contributed by atoms with Crippen molar-refractivity contribution in [1.29, 1.82) is 0 Å². The first kappa shape index (κ1) is 13.5. The SMILES string of the molecule is CCCCCC(CNC)c1ccccc1Cl. The summed E-state index contributed by atoms with van der Waals surface area (Å²) in [6.45, 7) is 3.25. The second kappa shape index (κ2) is 7.70. The van der Waals surface area contributed by atoms with E-state index < -0.39 is 0 Å². The van der Waals surface area contributed by atoms with Crippen LogP contribution in [0.3, 0.4) is 0 Å². The van der Waals surface area contributed by atoms with Gasteiger partial charge in [-0.15, -0.1) is 0 Å². The van der Waals surface area contributed by atoms with E-state index in [1.165, 1.54) is 31.2 Å². The first-order chi connectivity index (χ1) is 7.79. The first-order valence-corrected chi connectivity index (χ1v) is 6.56. The van der Waals surface area contributed by atoms with Crippen LogP contribution in [0.4, 0.5) is 0 Å². The molecule has 0 aliphatic heterocycles. The molecule has 1 N–H and O–H groups in total. The van der Waals surface area contributed by atoms with E-state index in [2.05, 4.69) is 24.4 Å². The molecule has 0 spiro atoms. The van der Waals surface area contributed by atoms with Crippen molar-refractivity contribution in [3.05, 3.63) is 34.9 Å². The van der Waals surface area contributed by atoms with E-state index in [1.807, 2.05) is 19.2 Å². The Kier molecular flexibility index (Phi) is 6.51. The van der Waals surface area contributed by atoms with Gasteiger partial charge in [0.15, 0.2) is 0 Å². The monoisotopic (exact) mass is 239 g/mol. The third kappa shape index (κ3) is 4.15. The summed E-state index contributed by atoms with van der Waals surface area (Å²) in [5.74, 6) is 0.547. The molecule has 1 aromatic carbocycles. The summed E-state index contributed by atoms with van der Waals surface area (Å²) in [4.78, 5) is 0. The van der Waals surface area contributed by atoms with Crippen LogP contribution in [0.2, 0.25) is 5.02 Å². The van der Waals surface area contributed by atoms with Gasteiger partial charge in [0.2, 0.25) is 0 Å². The van der Waals surface area contributed by atoms with Crippen LogP contribution in [0.15, 0.2) is 24.3 Å². The van der Waals surface area contributed by atoms with E-state index in [0.29, 0.717) is 5.92 Å². The summed E-state index contributed by atoms with van der Waals surface area (Å²) in [5.41, 5.74) is 1.29. The number of unbranched alkanes of at least 4 members (excludes halogenated alkanes) is 2. The van der Waals surface area contributed by atoms with Gasteiger partial charge in [-0.05, 0) is 31.0 Å². The predicted molar refractivity (Wildman–Crippen MR) is 72.3 cm³/mol. The second-order valence-corrected chi connectivity index (χ2v) is 4.68. The highest BCUT2D eigenvalue weighted by atomic mass is 35.5. The molecule has 0 saturated heterocycles. The highest BCUT2D eigenvalue weighted by Gasteiger charge is 2.12. The Labute approximate surface area is 104 Å². The van der Waals surface area contributed by atoms with Gasteiger partial charge < -0.3 is 5.32 Å². The zero-order chi connectivity index (χ0) is 11.8. The lowest BCUT2D eigenvalue weighted by Crippen LogP contribution is -2.17. The van der Waals surface area contributed by atoms with Gasteiger partial charge in [-0.2, -0.15) is 0 Å². The molecule has 1 nitrogen and oxygen atoms in total. The Morgan fingerprint density at radius 3 is 2.62 bits per heavy atom. The largest absolute Gasteiger partial charge is 0.319 e. The van der Waals surface area contributed by atoms with Crippen molar-refractivity contribution in [3.63, 3.8) is 0 Å². The van der Waals surface area contributed by atoms with Crippen LogP contribution in [-0.4, -0.2) is 13.6 Å². The molecule has 0 amide bonds. The summed E-state index contributed by atoms with van der Waals surface area (Å²) >= 11 is 6.24. The number of hydrogen-bond acceptors (Lipinski definition) is 1. The summed E-state index contributed by atoms with van der Waals surface area (Å²) in [6, 6.07) is 8.20. The third-order valence-corrected chi connectivity index (χ3v) is 3.30. The van der Waals surface area contributed by atoms with Gasteiger partial charge in [0.05, 0.1) is 0 Å². The predicted octanol–water partition coefficient (Wildman–Crippen LogP) is 4.22. The molecule has 0 fully saturated rings. The molecule has 90 valence electrons. The smallest absolute Gasteiger partial charge is 0.0441 e. The Morgan fingerprint density at radius 1 is 1.25 bits per heavy atom. The van der Waals surface area contributed by atoms with Crippen LogP contribution < -0.4 is 5.32 Å². The van der Waals surface area contributed by atoms with E-state index in [0.717, 1.165) is 11.6 Å². The molecule has 1 unspecified atom stereocenters. The minimum Gasteiger partial charge on any atom is -0.319 e. The minimum atomic E-state index is 0.547. The molecular weight excluding hydrogens is 218 g/mol. The molecule has 0 bridgehead atoms. The van der Waals surface area contributed by atoms with Crippen molar-refractivity contribution < 1.29 is 0 Å². The fourth-order valence-corrected chi connectivity index (χ4v) is 2.35. The van der Waals surface area contributed by atoms with Crippen LogP contribution >= 0.6 is 11.6 Å². The first-order valence-electron chi connectivity index (χ1n) is 6.18. The topological polar surface area (TPSA) is 12.0 Å². The average Bonchev–Trinajstić information content (AvgIpc) is 2.29. The molecule has 0 radical (unpaired) electrons. The fraction of sp³-hybridized carbons (Fsp3) is 0.571. The van der Waals surface area contributed by atoms with E-state index in [-0.39, 0.29) is 0 Å². The highest BCUT2D eigenvalue weighted by Crippen LogP contribution is 2.28. The summed E-state index contributed by atoms with van der Waals surface area (Å²) in [5, 5.41) is 4.16. The molecule has 16 heavy (non-hydrogen) atoms. The second-order valence-electron chi connectivity index (χ2n) is 4.27. The summed E-state index contributed by atoms with van der Waals surface area (Å²) in [6.07, 6.45) is 5.09. The summed E-state index contributed by atoms with van der Waals surface area (Å²) in [7, 11) is 2.00. The van der Waals surface area contributed by atoms with Gasteiger partial charge in [-0.25, -0.2) is 0 Å². The van der Waals surface area contributed by atoms with Gasteiger partial charge >= 0.3 is 0 Å². The van der Waals surface area contributed by atoms with Crippen LogP contribution in [0.1, 0.15) is 44.1 Å². The molecule has 0 heterocycles. The van der Waals surface area contributed by atoms with Gasteiger partial charge in [0.1, 0.15) is 0 Å². The highest BCUT2D eigenvalue weighted by molar-refractivity contribution is 6.31. The molecule has 0 aliphatic carbocycles. The molecule has 0 aliphatic rings. The number of hydrogen-bond donors (Lipinski definition) is 1. The van der Waals surface area contributed by atoms with Crippen molar-refractivity contribution in [2.24, 2.45) is 0 Å². The van der Waals surface area contributed by atoms with E-state index in [9.17, 15) is 0 Å². The van der Waals surface area contributed by atoms with Crippen molar-refractivity contribution in [1.82, 2.24) is 5.32 Å². The Hall–Kier alpha value is -0.530. The number of halogens is 1. The van der Waals surface area contributed by atoms with Gasteiger partial charge in [0.25, 0.3) is 0 Å². The quantitative estimate of drug-likeness (QED) is 0.703. The zero-order valence-electron chi connectivity index (χ0n) is 10.3. The minimum absolute atomic E-state index is 0.547. The van der Waals surface area contributed by atoms with E-state index >= 15 is 0 Å². The molecule has 1 aromatic rings. The molecule has 2 heteroatoms. The molecular formula is C14H22ClN. The molecule has 0 saturated carbocycles. The lowest BCUT2D eigenvalue weighted by atomic mass is 9.93.